The van der Waals surface area contributed by atoms with Gasteiger partial charge in [0, 0.05) is 39.0 Å². The Kier molecular flexibility index (Phi) is 6.93. The van der Waals surface area contributed by atoms with Gasteiger partial charge in [0.05, 0.1) is 0 Å². The highest BCUT2D eigenvalue weighted by Crippen LogP contribution is 2.19. The maximum atomic E-state index is 13.1. The molecule has 3 rings (SSSR count). The fraction of sp³-hybridized carbons (Fsp3) is 0.750. The highest BCUT2D eigenvalue weighted by atomic mass is 16.5. The van der Waals surface area contributed by atoms with Crippen molar-refractivity contribution in [2.45, 2.75) is 51.0 Å². The normalized spacial score (nSPS) is 20.4. The Morgan fingerprint density at radius 3 is 2.56 bits per heavy atom. The van der Waals surface area contributed by atoms with E-state index in [-0.39, 0.29) is 5.91 Å². The minimum atomic E-state index is 0.176. The van der Waals surface area contributed by atoms with Crippen LogP contribution < -0.4 is 0 Å². The van der Waals surface area contributed by atoms with Crippen molar-refractivity contribution in [2.75, 3.05) is 39.4 Å². The fourth-order valence-corrected chi connectivity index (χ4v) is 4.10. The number of likely N-dealkylation sites (tertiary alicyclic amines) is 1. The first-order chi connectivity index (χ1) is 12.3. The summed E-state index contributed by atoms with van der Waals surface area (Å²) in [6, 6.07) is 4.20. The molecule has 2 saturated heterocycles. The van der Waals surface area contributed by atoms with Crippen LogP contribution in [-0.2, 0) is 11.8 Å². The van der Waals surface area contributed by atoms with Crippen molar-refractivity contribution in [3.8, 4) is 0 Å². The van der Waals surface area contributed by atoms with Crippen molar-refractivity contribution in [3.63, 3.8) is 0 Å². The second kappa shape index (κ2) is 9.39. The standard InChI is InChI=1S/C20H33N3O2/c1-21-11-6-8-19(21)20(24)23(18-9-16-25-17-10-18)15-7-14-22-12-4-2-3-5-13-22/h6,8,11,18H,2-5,7,9-10,12-17H2,1H3. The Hall–Kier alpha value is -1.33. The first-order valence-corrected chi connectivity index (χ1v) is 9.98. The molecule has 0 N–H and O–H groups in total. The number of hydrogen-bond acceptors (Lipinski definition) is 3. The average Bonchev–Trinajstić information content (AvgIpc) is 2.90. The molecule has 0 spiro atoms. The van der Waals surface area contributed by atoms with Crippen LogP contribution in [0.5, 0.6) is 0 Å². The first-order valence-electron chi connectivity index (χ1n) is 9.98. The quantitative estimate of drug-likeness (QED) is 0.794. The van der Waals surface area contributed by atoms with E-state index in [1.54, 1.807) is 0 Å². The molecule has 25 heavy (non-hydrogen) atoms. The van der Waals surface area contributed by atoms with E-state index in [9.17, 15) is 4.79 Å². The summed E-state index contributed by atoms with van der Waals surface area (Å²) in [5.41, 5.74) is 0.793. The lowest BCUT2D eigenvalue weighted by atomic mass is 10.1. The molecule has 2 aliphatic rings. The zero-order valence-electron chi connectivity index (χ0n) is 15.7. The number of rotatable bonds is 6. The molecule has 0 aliphatic carbocycles. The molecule has 2 fully saturated rings. The molecule has 5 heteroatoms. The van der Waals surface area contributed by atoms with Crippen molar-refractivity contribution in [1.29, 1.82) is 0 Å². The molecular formula is C20H33N3O2. The number of ether oxygens (including phenoxy) is 1. The van der Waals surface area contributed by atoms with Gasteiger partial charge in [-0.3, -0.25) is 4.79 Å². The smallest absolute Gasteiger partial charge is 0.270 e. The van der Waals surface area contributed by atoms with Gasteiger partial charge in [-0.15, -0.1) is 0 Å². The Labute approximate surface area is 151 Å². The minimum absolute atomic E-state index is 0.176. The summed E-state index contributed by atoms with van der Waals surface area (Å²) in [6.45, 7) is 5.96. The molecular weight excluding hydrogens is 314 g/mol. The van der Waals surface area contributed by atoms with E-state index in [4.69, 9.17) is 4.74 Å². The summed E-state index contributed by atoms with van der Waals surface area (Å²) in [4.78, 5) is 17.8. The zero-order valence-corrected chi connectivity index (χ0v) is 15.7. The second-order valence-corrected chi connectivity index (χ2v) is 7.46. The van der Waals surface area contributed by atoms with Gasteiger partial charge in [-0.25, -0.2) is 0 Å². The minimum Gasteiger partial charge on any atom is -0.381 e. The summed E-state index contributed by atoms with van der Waals surface area (Å²) >= 11 is 0. The van der Waals surface area contributed by atoms with Crippen LogP contribution in [0.15, 0.2) is 18.3 Å². The van der Waals surface area contributed by atoms with E-state index in [1.807, 2.05) is 29.9 Å². The maximum Gasteiger partial charge on any atom is 0.270 e. The second-order valence-electron chi connectivity index (χ2n) is 7.46. The number of carbonyl (C=O) groups is 1. The molecule has 2 aliphatic heterocycles. The largest absolute Gasteiger partial charge is 0.381 e. The molecule has 3 heterocycles. The average molecular weight is 348 g/mol. The van der Waals surface area contributed by atoms with Gasteiger partial charge >= 0.3 is 0 Å². The third kappa shape index (κ3) is 5.08. The van der Waals surface area contributed by atoms with E-state index in [2.05, 4.69) is 9.80 Å². The molecule has 0 atom stereocenters. The van der Waals surface area contributed by atoms with Crippen LogP contribution in [-0.4, -0.2) is 65.7 Å². The molecule has 0 bridgehead atoms. The highest BCUT2D eigenvalue weighted by Gasteiger charge is 2.27. The third-order valence-electron chi connectivity index (χ3n) is 5.63. The number of aromatic nitrogens is 1. The topological polar surface area (TPSA) is 37.7 Å². The third-order valence-corrected chi connectivity index (χ3v) is 5.63. The van der Waals surface area contributed by atoms with E-state index in [0.29, 0.717) is 6.04 Å². The number of amides is 1. The van der Waals surface area contributed by atoms with Gasteiger partial charge in [-0.2, -0.15) is 0 Å². The molecule has 0 unspecified atom stereocenters. The Bertz CT molecular complexity index is 529. The molecule has 1 amide bonds. The van der Waals surface area contributed by atoms with Gasteiger partial charge in [-0.05, 0) is 63.9 Å². The molecule has 0 radical (unpaired) electrons. The van der Waals surface area contributed by atoms with E-state index in [1.165, 1.54) is 38.8 Å². The molecule has 1 aromatic heterocycles. The van der Waals surface area contributed by atoms with E-state index in [0.717, 1.165) is 51.3 Å². The van der Waals surface area contributed by atoms with Gasteiger partial charge in [-0.1, -0.05) is 12.8 Å². The van der Waals surface area contributed by atoms with Crippen LogP contribution in [0.1, 0.15) is 55.4 Å². The number of nitrogens with zero attached hydrogens (tertiary/aromatic N) is 3. The summed E-state index contributed by atoms with van der Waals surface area (Å²) in [7, 11) is 1.95. The van der Waals surface area contributed by atoms with Crippen LogP contribution in [0.25, 0.3) is 0 Å². The van der Waals surface area contributed by atoms with Crippen LogP contribution in [0.2, 0.25) is 0 Å². The molecule has 140 valence electrons. The Morgan fingerprint density at radius 1 is 1.20 bits per heavy atom. The lowest BCUT2D eigenvalue weighted by Crippen LogP contribution is -2.45. The highest BCUT2D eigenvalue weighted by molar-refractivity contribution is 5.93. The van der Waals surface area contributed by atoms with Crippen LogP contribution in [0, 0.1) is 0 Å². The fourth-order valence-electron chi connectivity index (χ4n) is 4.10. The SMILES string of the molecule is Cn1cccc1C(=O)N(CCCN1CCCCCC1)C1CCOCC1. The van der Waals surface area contributed by atoms with Crippen LogP contribution >= 0.6 is 0 Å². The number of carbonyl (C=O) groups excluding carboxylic acids is 1. The summed E-state index contributed by atoms with van der Waals surface area (Å²) in [5, 5.41) is 0. The maximum absolute atomic E-state index is 13.1. The van der Waals surface area contributed by atoms with Gasteiger partial charge in [0.1, 0.15) is 5.69 Å². The van der Waals surface area contributed by atoms with Crippen molar-refractivity contribution in [2.24, 2.45) is 7.05 Å². The van der Waals surface area contributed by atoms with E-state index < -0.39 is 0 Å². The van der Waals surface area contributed by atoms with E-state index >= 15 is 0 Å². The lowest BCUT2D eigenvalue weighted by molar-refractivity contribution is 0.0275. The van der Waals surface area contributed by atoms with Crippen molar-refractivity contribution in [1.82, 2.24) is 14.4 Å². The summed E-state index contributed by atoms with van der Waals surface area (Å²) in [5.74, 6) is 0.176. The van der Waals surface area contributed by atoms with Gasteiger partial charge in [0.2, 0.25) is 0 Å². The molecule has 1 aromatic rings. The van der Waals surface area contributed by atoms with Crippen LogP contribution in [0.3, 0.4) is 0 Å². The number of aryl methyl sites for hydroxylation is 1. The first kappa shape index (κ1) is 18.5. The van der Waals surface area contributed by atoms with Crippen molar-refractivity contribution in [3.05, 3.63) is 24.0 Å². The van der Waals surface area contributed by atoms with Crippen LogP contribution in [0.4, 0.5) is 0 Å². The van der Waals surface area contributed by atoms with Gasteiger partial charge in [0.25, 0.3) is 5.91 Å². The molecule has 0 saturated carbocycles. The predicted molar refractivity (Wildman–Crippen MR) is 99.8 cm³/mol. The Balaban J connectivity index is 1.59. The van der Waals surface area contributed by atoms with Gasteiger partial charge in [0.15, 0.2) is 0 Å². The predicted octanol–water partition coefficient (Wildman–Crippen LogP) is 2.91. The van der Waals surface area contributed by atoms with Crippen molar-refractivity contribution < 1.29 is 9.53 Å². The lowest BCUT2D eigenvalue weighted by Gasteiger charge is -2.35. The Morgan fingerprint density at radius 2 is 1.92 bits per heavy atom. The summed E-state index contributed by atoms with van der Waals surface area (Å²) in [6.07, 6.45) is 10.3. The van der Waals surface area contributed by atoms with Crippen molar-refractivity contribution >= 4 is 5.91 Å². The molecule has 5 nitrogen and oxygen atoms in total. The number of hydrogen-bond donors (Lipinski definition) is 0. The summed E-state index contributed by atoms with van der Waals surface area (Å²) < 4.78 is 7.44. The monoisotopic (exact) mass is 347 g/mol. The zero-order chi connectivity index (χ0) is 17.5. The molecule has 0 aromatic carbocycles. The van der Waals surface area contributed by atoms with Gasteiger partial charge < -0.3 is 19.1 Å².